The summed E-state index contributed by atoms with van der Waals surface area (Å²) in [7, 11) is 2.33. The lowest BCUT2D eigenvalue weighted by Crippen LogP contribution is -2.63. The lowest BCUT2D eigenvalue weighted by molar-refractivity contribution is -0.133. The Hall–Kier alpha value is -1.51. The van der Waals surface area contributed by atoms with E-state index >= 15 is 0 Å². The molecule has 2 aliphatic carbocycles. The van der Waals surface area contributed by atoms with Crippen molar-refractivity contribution in [3.63, 3.8) is 0 Å². The minimum Gasteiger partial charge on any atom is -0.367 e. The zero-order chi connectivity index (χ0) is 18.5. The summed E-state index contributed by atoms with van der Waals surface area (Å²) in [4.78, 5) is 17.6. The zero-order valence-electron chi connectivity index (χ0n) is 16.9. The van der Waals surface area contributed by atoms with Gasteiger partial charge in [0.25, 0.3) is 0 Å². The van der Waals surface area contributed by atoms with Gasteiger partial charge in [-0.15, -0.1) is 0 Å². The topological polar surface area (TPSA) is 23.6 Å². The number of nitrogens with zero attached hydrogens (tertiary/aromatic N) is 2. The molecule has 1 amide bonds. The number of fused-ring (bicyclic) bond motifs is 3. The van der Waals surface area contributed by atoms with E-state index in [0.717, 1.165) is 13.0 Å². The average Bonchev–Trinajstić information content (AvgIpc) is 3.23. The van der Waals surface area contributed by atoms with Crippen LogP contribution in [0.5, 0.6) is 0 Å². The standard InChI is InChI=1S/C23H32N2O/c1-6-11-21-14-15(2)23(16(21)3)22(12-13-25(17(4)26)20(21)22)18-9-7-8-10-19(18)24(23)5/h7-10,15-16,20H,6,11-14H2,1-5H3/t15-,16-,20+,21+,22-,23+/m1/s1. The first-order valence-electron chi connectivity index (χ1n) is 10.5. The molecule has 1 aromatic rings. The smallest absolute Gasteiger partial charge is 0.219 e. The fourth-order valence-corrected chi connectivity index (χ4v) is 9.01. The summed E-state index contributed by atoms with van der Waals surface area (Å²) < 4.78 is 0. The van der Waals surface area contributed by atoms with E-state index in [1.807, 2.05) is 0 Å². The summed E-state index contributed by atoms with van der Waals surface area (Å²) in [5.74, 6) is 1.54. The summed E-state index contributed by atoms with van der Waals surface area (Å²) in [5.41, 5.74) is 3.45. The summed E-state index contributed by atoms with van der Waals surface area (Å²) in [6, 6.07) is 9.44. The van der Waals surface area contributed by atoms with Crippen LogP contribution in [0.1, 0.15) is 58.9 Å². The van der Waals surface area contributed by atoms with Gasteiger partial charge in [0.05, 0.1) is 5.54 Å². The maximum Gasteiger partial charge on any atom is 0.219 e. The molecule has 3 heteroatoms. The van der Waals surface area contributed by atoms with Crippen LogP contribution < -0.4 is 4.90 Å². The minimum absolute atomic E-state index is 0.107. The Morgan fingerprint density at radius 3 is 2.69 bits per heavy atom. The Bertz CT molecular complexity index is 790. The summed E-state index contributed by atoms with van der Waals surface area (Å²) >= 11 is 0. The number of likely N-dealkylation sites (N-methyl/N-ethyl adjacent to an activating group) is 1. The molecule has 5 rings (SSSR count). The van der Waals surface area contributed by atoms with Gasteiger partial charge in [-0.3, -0.25) is 4.79 Å². The van der Waals surface area contributed by atoms with Gasteiger partial charge in [0.2, 0.25) is 5.91 Å². The van der Waals surface area contributed by atoms with E-state index in [9.17, 15) is 4.79 Å². The molecule has 0 aromatic heterocycles. The number of benzene rings is 1. The highest BCUT2D eigenvalue weighted by Crippen LogP contribution is 2.80. The molecule has 2 saturated carbocycles. The Balaban J connectivity index is 1.85. The monoisotopic (exact) mass is 352 g/mol. The van der Waals surface area contributed by atoms with Crippen molar-refractivity contribution in [2.75, 3.05) is 18.5 Å². The third kappa shape index (κ3) is 1.36. The van der Waals surface area contributed by atoms with Gasteiger partial charge in [-0.25, -0.2) is 0 Å². The van der Waals surface area contributed by atoms with E-state index in [0.29, 0.717) is 17.9 Å². The lowest BCUT2D eigenvalue weighted by atomic mass is 9.57. The lowest BCUT2D eigenvalue weighted by Gasteiger charge is -2.52. The zero-order valence-corrected chi connectivity index (χ0v) is 16.9. The van der Waals surface area contributed by atoms with Gasteiger partial charge in [0, 0.05) is 37.7 Å². The number of hydrogen-bond donors (Lipinski definition) is 0. The fraction of sp³-hybridized carbons (Fsp3) is 0.696. The highest BCUT2D eigenvalue weighted by atomic mass is 16.2. The first-order chi connectivity index (χ1) is 12.4. The van der Waals surface area contributed by atoms with E-state index in [1.54, 1.807) is 6.92 Å². The van der Waals surface area contributed by atoms with Crippen molar-refractivity contribution in [2.24, 2.45) is 17.3 Å². The number of anilines is 1. The molecule has 0 N–H and O–H groups in total. The molecule has 2 bridgehead atoms. The molecule has 3 nitrogen and oxygen atoms in total. The van der Waals surface area contributed by atoms with Crippen LogP contribution in [0.4, 0.5) is 5.69 Å². The molecule has 26 heavy (non-hydrogen) atoms. The normalized spacial score (nSPS) is 45.0. The van der Waals surface area contributed by atoms with Gasteiger partial charge in [-0.05, 0) is 48.1 Å². The molecule has 1 saturated heterocycles. The van der Waals surface area contributed by atoms with Crippen LogP contribution in [0, 0.1) is 17.3 Å². The number of likely N-dealkylation sites (tertiary alicyclic amines) is 1. The van der Waals surface area contributed by atoms with Crippen molar-refractivity contribution in [3.05, 3.63) is 29.8 Å². The van der Waals surface area contributed by atoms with E-state index in [1.165, 1.54) is 30.5 Å². The highest BCUT2D eigenvalue weighted by molar-refractivity contribution is 5.78. The van der Waals surface area contributed by atoms with Crippen molar-refractivity contribution in [1.82, 2.24) is 4.90 Å². The van der Waals surface area contributed by atoms with E-state index in [2.05, 4.69) is 61.9 Å². The van der Waals surface area contributed by atoms with Gasteiger partial charge in [0.1, 0.15) is 0 Å². The summed E-state index contributed by atoms with van der Waals surface area (Å²) in [6.45, 7) is 10.0. The minimum atomic E-state index is 0.107. The predicted octanol–water partition coefficient (Wildman–Crippen LogP) is 4.21. The molecule has 6 atom stereocenters. The van der Waals surface area contributed by atoms with Crippen molar-refractivity contribution in [1.29, 1.82) is 0 Å². The number of para-hydroxylation sites is 1. The molecule has 4 aliphatic rings. The van der Waals surface area contributed by atoms with Crippen LogP contribution >= 0.6 is 0 Å². The molecule has 0 unspecified atom stereocenters. The maximum absolute atomic E-state index is 12.7. The first kappa shape index (κ1) is 16.6. The molecular weight excluding hydrogens is 320 g/mol. The third-order valence-electron chi connectivity index (χ3n) is 9.17. The number of hydrogen-bond acceptors (Lipinski definition) is 2. The molecule has 2 spiro atoms. The van der Waals surface area contributed by atoms with Gasteiger partial charge in [-0.2, -0.15) is 0 Å². The average molecular weight is 353 g/mol. The highest BCUT2D eigenvalue weighted by Gasteiger charge is 2.85. The molecular formula is C23H32N2O. The van der Waals surface area contributed by atoms with Crippen molar-refractivity contribution >= 4 is 11.6 Å². The Morgan fingerprint density at radius 1 is 1.27 bits per heavy atom. The molecule has 2 heterocycles. The largest absolute Gasteiger partial charge is 0.367 e. The van der Waals surface area contributed by atoms with Crippen molar-refractivity contribution < 1.29 is 4.79 Å². The Morgan fingerprint density at radius 2 is 2.00 bits per heavy atom. The van der Waals surface area contributed by atoms with E-state index < -0.39 is 0 Å². The first-order valence-corrected chi connectivity index (χ1v) is 10.5. The summed E-state index contributed by atoms with van der Waals surface area (Å²) in [6.07, 6.45) is 4.83. The summed E-state index contributed by atoms with van der Waals surface area (Å²) in [5, 5.41) is 0. The van der Waals surface area contributed by atoms with Crippen LogP contribution in [0.15, 0.2) is 24.3 Å². The predicted molar refractivity (Wildman–Crippen MR) is 105 cm³/mol. The number of carbonyl (C=O) groups excluding carboxylic acids is 1. The van der Waals surface area contributed by atoms with Gasteiger partial charge in [0.15, 0.2) is 0 Å². The number of rotatable bonds is 2. The fourth-order valence-electron chi connectivity index (χ4n) is 9.01. The molecule has 2 aliphatic heterocycles. The second-order valence-corrected chi connectivity index (χ2v) is 9.55. The van der Waals surface area contributed by atoms with Crippen LogP contribution in [0.25, 0.3) is 0 Å². The SMILES string of the molecule is CCC[C@]12C[C@@H](C)[C@@]3([C@@H]1C)N(C)c1ccccc1[C@@]31CCN(C(C)=O)[C@@H]21. The van der Waals surface area contributed by atoms with E-state index in [-0.39, 0.29) is 22.3 Å². The van der Waals surface area contributed by atoms with Crippen LogP contribution in [-0.4, -0.2) is 36.0 Å². The molecule has 1 aromatic carbocycles. The maximum atomic E-state index is 12.7. The molecule has 140 valence electrons. The second kappa shape index (κ2) is 4.85. The van der Waals surface area contributed by atoms with Crippen LogP contribution in [0.2, 0.25) is 0 Å². The van der Waals surface area contributed by atoms with Crippen molar-refractivity contribution in [3.8, 4) is 0 Å². The number of amides is 1. The Labute approximate surface area is 157 Å². The van der Waals surface area contributed by atoms with E-state index in [4.69, 9.17) is 0 Å². The molecule has 0 radical (unpaired) electrons. The second-order valence-electron chi connectivity index (χ2n) is 9.55. The molecule has 3 fully saturated rings. The van der Waals surface area contributed by atoms with Gasteiger partial charge < -0.3 is 9.80 Å². The van der Waals surface area contributed by atoms with Crippen LogP contribution in [0.3, 0.4) is 0 Å². The van der Waals surface area contributed by atoms with Crippen molar-refractivity contribution in [2.45, 2.75) is 70.4 Å². The van der Waals surface area contributed by atoms with Gasteiger partial charge in [-0.1, -0.05) is 45.4 Å². The third-order valence-corrected chi connectivity index (χ3v) is 9.17. The Kier molecular flexibility index (Phi) is 3.11. The van der Waals surface area contributed by atoms with Gasteiger partial charge >= 0.3 is 0 Å². The van der Waals surface area contributed by atoms with Crippen LogP contribution in [-0.2, 0) is 10.2 Å². The quantitative estimate of drug-likeness (QED) is 0.796. The number of carbonyl (C=O) groups is 1.